The van der Waals surface area contributed by atoms with E-state index in [1.165, 1.54) is 37.8 Å². The lowest BCUT2D eigenvalue weighted by Crippen LogP contribution is -2.25. The molecule has 5 nitrogen and oxygen atoms in total. The van der Waals surface area contributed by atoms with Crippen LogP contribution in [-0.2, 0) is 16.0 Å². The summed E-state index contributed by atoms with van der Waals surface area (Å²) in [5.41, 5.74) is 1.24. The first kappa shape index (κ1) is 17.9. The van der Waals surface area contributed by atoms with Crippen molar-refractivity contribution in [2.24, 2.45) is 0 Å². The Kier molecular flexibility index (Phi) is 7.52. The second-order valence-corrected chi connectivity index (χ2v) is 7.14. The van der Waals surface area contributed by atoms with Crippen LogP contribution < -0.4 is 5.32 Å². The molecule has 1 aliphatic rings. The molecule has 1 fully saturated rings. The molecule has 1 amide bonds. The largest absolute Gasteiger partial charge is 0.481 e. The standard InChI is InChI=1S/C17H26N2O3S/c20-15(8-4-5-9-17(21)22)18-11-10-16-19-14(12-23-16)13-6-2-1-3-7-13/h12-13H,1-11H2,(H,18,20)(H,21,22). The van der Waals surface area contributed by atoms with Crippen LogP contribution in [0, 0.1) is 0 Å². The molecule has 0 bridgehead atoms. The van der Waals surface area contributed by atoms with Gasteiger partial charge in [-0.15, -0.1) is 11.3 Å². The molecule has 1 heterocycles. The first-order chi connectivity index (χ1) is 11.1. The summed E-state index contributed by atoms with van der Waals surface area (Å²) in [6.45, 7) is 0.607. The summed E-state index contributed by atoms with van der Waals surface area (Å²) in [4.78, 5) is 26.8. The van der Waals surface area contributed by atoms with E-state index in [1.54, 1.807) is 11.3 Å². The van der Waals surface area contributed by atoms with E-state index in [1.807, 2.05) is 0 Å². The number of amides is 1. The SMILES string of the molecule is O=C(O)CCCCC(=O)NCCc1nc(C2CCCCC2)cs1. The van der Waals surface area contributed by atoms with Crippen molar-refractivity contribution >= 4 is 23.2 Å². The van der Waals surface area contributed by atoms with Crippen molar-refractivity contribution in [1.82, 2.24) is 10.3 Å². The Bertz CT molecular complexity index is 510. The summed E-state index contributed by atoms with van der Waals surface area (Å²) in [7, 11) is 0. The highest BCUT2D eigenvalue weighted by molar-refractivity contribution is 7.09. The zero-order chi connectivity index (χ0) is 16.5. The van der Waals surface area contributed by atoms with Crippen LogP contribution in [0.25, 0.3) is 0 Å². The molecule has 0 saturated heterocycles. The number of nitrogens with zero attached hydrogens (tertiary/aromatic N) is 1. The predicted octanol–water partition coefficient (Wildman–Crippen LogP) is 3.49. The number of nitrogens with one attached hydrogen (secondary N) is 1. The maximum atomic E-state index is 11.7. The number of hydrogen-bond acceptors (Lipinski definition) is 4. The van der Waals surface area contributed by atoms with Crippen molar-refractivity contribution in [3.8, 4) is 0 Å². The third-order valence-corrected chi connectivity index (χ3v) is 5.23. The maximum Gasteiger partial charge on any atom is 0.303 e. The van der Waals surface area contributed by atoms with Crippen LogP contribution in [0.4, 0.5) is 0 Å². The lowest BCUT2D eigenvalue weighted by molar-refractivity contribution is -0.137. The zero-order valence-corrected chi connectivity index (χ0v) is 14.4. The van der Waals surface area contributed by atoms with Gasteiger partial charge >= 0.3 is 5.97 Å². The molecule has 1 saturated carbocycles. The van der Waals surface area contributed by atoms with E-state index in [-0.39, 0.29) is 12.3 Å². The van der Waals surface area contributed by atoms with Gasteiger partial charge in [0.2, 0.25) is 5.91 Å². The predicted molar refractivity (Wildman–Crippen MR) is 90.8 cm³/mol. The second kappa shape index (κ2) is 9.65. The van der Waals surface area contributed by atoms with E-state index < -0.39 is 5.97 Å². The Morgan fingerprint density at radius 3 is 2.70 bits per heavy atom. The number of aromatic nitrogens is 1. The molecular formula is C17H26N2O3S. The summed E-state index contributed by atoms with van der Waals surface area (Å²) >= 11 is 1.69. The van der Waals surface area contributed by atoms with Crippen LogP contribution in [0.5, 0.6) is 0 Å². The third-order valence-electron chi connectivity index (χ3n) is 4.30. The molecule has 0 aromatic carbocycles. The number of thiazole rings is 1. The number of carbonyl (C=O) groups excluding carboxylic acids is 1. The van der Waals surface area contributed by atoms with Crippen LogP contribution in [0.15, 0.2) is 5.38 Å². The zero-order valence-electron chi connectivity index (χ0n) is 13.6. The number of rotatable bonds is 9. The third kappa shape index (κ3) is 6.69. The topological polar surface area (TPSA) is 79.3 Å². The van der Waals surface area contributed by atoms with Gasteiger partial charge < -0.3 is 10.4 Å². The fourth-order valence-corrected chi connectivity index (χ4v) is 3.86. The van der Waals surface area contributed by atoms with Gasteiger partial charge in [0.25, 0.3) is 0 Å². The van der Waals surface area contributed by atoms with Gasteiger partial charge in [0, 0.05) is 37.1 Å². The summed E-state index contributed by atoms with van der Waals surface area (Å²) in [6, 6.07) is 0. The lowest BCUT2D eigenvalue weighted by Gasteiger charge is -2.19. The molecule has 0 atom stereocenters. The molecule has 128 valence electrons. The molecule has 0 aliphatic heterocycles. The van der Waals surface area contributed by atoms with Crippen LogP contribution in [0.1, 0.15) is 74.4 Å². The lowest BCUT2D eigenvalue weighted by atomic mass is 9.87. The van der Waals surface area contributed by atoms with Crippen molar-refractivity contribution in [3.63, 3.8) is 0 Å². The number of hydrogen-bond donors (Lipinski definition) is 2. The summed E-state index contributed by atoms with van der Waals surface area (Å²) in [5, 5.41) is 14.7. The normalized spacial score (nSPS) is 15.5. The van der Waals surface area contributed by atoms with Gasteiger partial charge in [0.15, 0.2) is 0 Å². The van der Waals surface area contributed by atoms with Gasteiger partial charge in [-0.3, -0.25) is 9.59 Å². The van der Waals surface area contributed by atoms with E-state index >= 15 is 0 Å². The molecule has 2 N–H and O–H groups in total. The van der Waals surface area contributed by atoms with Crippen molar-refractivity contribution in [1.29, 1.82) is 0 Å². The van der Waals surface area contributed by atoms with Crippen molar-refractivity contribution in [2.45, 2.75) is 70.1 Å². The minimum absolute atomic E-state index is 0.000510. The van der Waals surface area contributed by atoms with Gasteiger partial charge in [-0.25, -0.2) is 4.98 Å². The number of unbranched alkanes of at least 4 members (excludes halogenated alkanes) is 1. The van der Waals surface area contributed by atoms with Crippen molar-refractivity contribution in [3.05, 3.63) is 16.1 Å². The minimum atomic E-state index is -0.803. The smallest absolute Gasteiger partial charge is 0.303 e. The van der Waals surface area contributed by atoms with E-state index in [0.717, 1.165) is 11.4 Å². The Morgan fingerprint density at radius 2 is 1.96 bits per heavy atom. The van der Waals surface area contributed by atoms with Gasteiger partial charge in [-0.1, -0.05) is 19.3 Å². The molecule has 0 radical (unpaired) electrons. The molecule has 0 spiro atoms. The van der Waals surface area contributed by atoms with Crippen LogP contribution in [0.3, 0.4) is 0 Å². The fourth-order valence-electron chi connectivity index (χ4n) is 2.98. The molecule has 1 aromatic rings. The van der Waals surface area contributed by atoms with Crippen LogP contribution in [0.2, 0.25) is 0 Å². The fraction of sp³-hybridized carbons (Fsp3) is 0.706. The Labute approximate surface area is 141 Å². The average molecular weight is 338 g/mol. The molecule has 0 unspecified atom stereocenters. The molecular weight excluding hydrogens is 312 g/mol. The Hall–Kier alpha value is -1.43. The van der Waals surface area contributed by atoms with Crippen molar-refractivity contribution < 1.29 is 14.7 Å². The highest BCUT2D eigenvalue weighted by atomic mass is 32.1. The van der Waals surface area contributed by atoms with E-state index in [4.69, 9.17) is 10.1 Å². The Morgan fingerprint density at radius 1 is 1.22 bits per heavy atom. The maximum absolute atomic E-state index is 11.7. The van der Waals surface area contributed by atoms with E-state index in [2.05, 4.69) is 10.7 Å². The molecule has 23 heavy (non-hydrogen) atoms. The molecule has 1 aromatic heterocycles. The van der Waals surface area contributed by atoms with Crippen molar-refractivity contribution in [2.75, 3.05) is 6.54 Å². The van der Waals surface area contributed by atoms with Crippen LogP contribution >= 0.6 is 11.3 Å². The second-order valence-electron chi connectivity index (χ2n) is 6.20. The minimum Gasteiger partial charge on any atom is -0.481 e. The highest BCUT2D eigenvalue weighted by Gasteiger charge is 2.18. The van der Waals surface area contributed by atoms with Gasteiger partial charge in [0.1, 0.15) is 0 Å². The Balaban J connectivity index is 1.61. The summed E-state index contributed by atoms with van der Waals surface area (Å²) in [6.07, 6.45) is 9.00. The molecule has 2 rings (SSSR count). The van der Waals surface area contributed by atoms with E-state index in [9.17, 15) is 9.59 Å². The van der Waals surface area contributed by atoms with Gasteiger partial charge in [0.05, 0.1) is 10.7 Å². The quantitative estimate of drug-likeness (QED) is 0.676. The van der Waals surface area contributed by atoms with E-state index in [0.29, 0.717) is 31.7 Å². The van der Waals surface area contributed by atoms with Crippen LogP contribution in [-0.4, -0.2) is 28.5 Å². The number of carbonyl (C=O) groups is 2. The summed E-state index contributed by atoms with van der Waals surface area (Å²) < 4.78 is 0. The number of aliphatic carboxylic acids is 1. The highest BCUT2D eigenvalue weighted by Crippen LogP contribution is 2.33. The first-order valence-electron chi connectivity index (χ1n) is 8.58. The monoisotopic (exact) mass is 338 g/mol. The number of carboxylic acid groups (broad SMARTS) is 1. The molecule has 1 aliphatic carbocycles. The summed E-state index contributed by atoms with van der Waals surface area (Å²) in [5.74, 6) is -0.167. The first-order valence-corrected chi connectivity index (χ1v) is 9.46. The molecule has 6 heteroatoms. The van der Waals surface area contributed by atoms with Gasteiger partial charge in [-0.2, -0.15) is 0 Å². The van der Waals surface area contributed by atoms with Gasteiger partial charge in [-0.05, 0) is 25.7 Å². The number of carboxylic acids is 1. The average Bonchev–Trinajstić information content (AvgIpc) is 3.01.